The number of allylic oxidation sites excluding steroid dienone is 1. The van der Waals surface area contributed by atoms with Crippen LogP contribution in [0.15, 0.2) is 12.2 Å². The highest BCUT2D eigenvalue weighted by atomic mass is 16.7. The molecule has 14 atom stereocenters. The van der Waals surface area contributed by atoms with E-state index in [0.717, 1.165) is 6.42 Å². The zero-order chi connectivity index (χ0) is 26.9. The number of aliphatic hydroxyl groups is 7. The molecule has 210 valence electrons. The molecule has 0 unspecified atom stereocenters. The van der Waals surface area contributed by atoms with Crippen molar-refractivity contribution in [2.45, 2.75) is 121 Å². The molecule has 0 aromatic rings. The van der Waals surface area contributed by atoms with E-state index in [1.54, 1.807) is 6.92 Å². The summed E-state index contributed by atoms with van der Waals surface area (Å²) in [6.07, 6.45) is -8.84. The quantitative estimate of drug-likeness (QED) is 0.205. The van der Waals surface area contributed by atoms with Crippen molar-refractivity contribution in [2.24, 2.45) is 17.3 Å². The highest BCUT2D eigenvalue weighted by molar-refractivity contribution is 5.03. The van der Waals surface area contributed by atoms with Crippen LogP contribution in [0.3, 0.4) is 0 Å². The Balaban J connectivity index is 1.59. The highest BCUT2D eigenvalue weighted by Gasteiger charge is 2.47. The van der Waals surface area contributed by atoms with Crippen LogP contribution in [-0.2, 0) is 18.9 Å². The molecule has 1 saturated carbocycles. The molecule has 0 amide bonds. The average Bonchev–Trinajstić information content (AvgIpc) is 2.78. The lowest BCUT2D eigenvalue weighted by Crippen LogP contribution is -2.61. The third-order valence-electron chi connectivity index (χ3n) is 7.76. The van der Waals surface area contributed by atoms with Crippen molar-refractivity contribution in [3.63, 3.8) is 0 Å². The van der Waals surface area contributed by atoms with Gasteiger partial charge in [0.15, 0.2) is 12.6 Å². The standard InChI is InChI=1S/C25H44O11/c1-11-8-14(26)9-25(4,5)15(11)7-6-12(2)34-24-22(32)20(30)18(28)16(36-24)10-33-23-21(31)19(29)17(27)13(3)35-23/h6-7,11-24,26-32H,8-10H2,1-5H3/b7-6-/t11-,12-,13+,14+,15+,16-,17+,18-,19-,20+,21-,22-,23+,24+/m1/s1. The van der Waals surface area contributed by atoms with Crippen LogP contribution in [-0.4, -0.2) is 116 Å². The summed E-state index contributed by atoms with van der Waals surface area (Å²) in [6.45, 7) is 9.28. The second kappa shape index (κ2) is 12.0. The van der Waals surface area contributed by atoms with E-state index >= 15 is 0 Å². The minimum absolute atomic E-state index is 0.0935. The van der Waals surface area contributed by atoms with E-state index in [0.29, 0.717) is 6.42 Å². The van der Waals surface area contributed by atoms with Crippen LogP contribution in [0.4, 0.5) is 0 Å². The summed E-state index contributed by atoms with van der Waals surface area (Å²) in [5, 5.41) is 71.2. The molecule has 0 aromatic heterocycles. The molecule has 3 aliphatic rings. The lowest BCUT2D eigenvalue weighted by atomic mass is 9.63. The molecule has 2 heterocycles. The van der Waals surface area contributed by atoms with Gasteiger partial charge in [0, 0.05) is 0 Å². The Morgan fingerprint density at radius 2 is 1.47 bits per heavy atom. The molecule has 0 aromatic carbocycles. The Bertz CT molecular complexity index is 733. The number of ether oxygens (including phenoxy) is 4. The van der Waals surface area contributed by atoms with Crippen LogP contribution < -0.4 is 0 Å². The van der Waals surface area contributed by atoms with Crippen molar-refractivity contribution in [1.29, 1.82) is 0 Å². The fraction of sp³-hybridized carbons (Fsp3) is 0.920. The van der Waals surface area contributed by atoms with E-state index in [9.17, 15) is 35.7 Å². The summed E-state index contributed by atoms with van der Waals surface area (Å²) in [7, 11) is 0. The molecule has 11 heteroatoms. The fourth-order valence-electron chi connectivity index (χ4n) is 5.66. The molecule has 0 bridgehead atoms. The Hall–Kier alpha value is -0.700. The molecule has 0 spiro atoms. The van der Waals surface area contributed by atoms with Gasteiger partial charge < -0.3 is 54.7 Å². The van der Waals surface area contributed by atoms with Crippen molar-refractivity contribution in [1.82, 2.24) is 0 Å². The van der Waals surface area contributed by atoms with Crippen molar-refractivity contribution in [2.75, 3.05) is 6.61 Å². The molecule has 2 aliphatic heterocycles. The Morgan fingerprint density at radius 1 is 0.861 bits per heavy atom. The van der Waals surface area contributed by atoms with Gasteiger partial charge in [-0.15, -0.1) is 0 Å². The maximum absolute atomic E-state index is 10.4. The van der Waals surface area contributed by atoms with Crippen molar-refractivity contribution in [3.05, 3.63) is 12.2 Å². The van der Waals surface area contributed by atoms with Gasteiger partial charge in [-0.3, -0.25) is 0 Å². The SMILES string of the molecule is C[C@H](/C=C\[C@H]1[C@H](C)C[C@H](O)CC1(C)C)O[C@H]1O[C@H](CO[C@H]2O[C@@H](C)[C@H](O)[C@@H](O)[C@H]2O)[C@@H](O)[C@H](O)[C@H]1O. The number of hydrogen-bond acceptors (Lipinski definition) is 11. The summed E-state index contributed by atoms with van der Waals surface area (Å²) in [5.74, 6) is 0.498. The summed E-state index contributed by atoms with van der Waals surface area (Å²) in [6, 6.07) is 0. The van der Waals surface area contributed by atoms with Gasteiger partial charge in [-0.25, -0.2) is 0 Å². The molecular weight excluding hydrogens is 476 g/mol. The van der Waals surface area contributed by atoms with E-state index in [4.69, 9.17) is 18.9 Å². The molecule has 2 saturated heterocycles. The second-order valence-electron chi connectivity index (χ2n) is 11.3. The van der Waals surface area contributed by atoms with E-state index in [1.165, 1.54) is 6.92 Å². The number of hydrogen-bond donors (Lipinski definition) is 7. The van der Waals surface area contributed by atoms with Crippen molar-refractivity contribution < 1.29 is 54.7 Å². The van der Waals surface area contributed by atoms with Crippen LogP contribution in [0.25, 0.3) is 0 Å². The Morgan fingerprint density at radius 3 is 2.11 bits per heavy atom. The van der Waals surface area contributed by atoms with Gasteiger partial charge in [0.05, 0.1) is 24.9 Å². The topological polar surface area (TPSA) is 179 Å². The molecule has 11 nitrogen and oxygen atoms in total. The summed E-state index contributed by atoms with van der Waals surface area (Å²) < 4.78 is 22.4. The fourth-order valence-corrected chi connectivity index (χ4v) is 5.66. The zero-order valence-electron chi connectivity index (χ0n) is 21.6. The van der Waals surface area contributed by atoms with Crippen LogP contribution in [0.1, 0.15) is 47.5 Å². The van der Waals surface area contributed by atoms with Gasteiger partial charge in [-0.2, -0.15) is 0 Å². The first-order valence-corrected chi connectivity index (χ1v) is 12.8. The number of rotatable bonds is 7. The van der Waals surface area contributed by atoms with Crippen LogP contribution in [0.5, 0.6) is 0 Å². The lowest BCUT2D eigenvalue weighted by Gasteiger charge is -2.44. The van der Waals surface area contributed by atoms with Gasteiger partial charge in [0.25, 0.3) is 0 Å². The number of aliphatic hydroxyl groups excluding tert-OH is 7. The Kier molecular flexibility index (Phi) is 9.95. The third kappa shape index (κ3) is 6.65. The molecule has 3 fully saturated rings. The molecule has 7 N–H and O–H groups in total. The summed E-state index contributed by atoms with van der Waals surface area (Å²) >= 11 is 0. The zero-order valence-corrected chi connectivity index (χ0v) is 21.6. The molecule has 3 rings (SSSR count). The maximum Gasteiger partial charge on any atom is 0.187 e. The third-order valence-corrected chi connectivity index (χ3v) is 7.76. The minimum atomic E-state index is -1.57. The van der Waals surface area contributed by atoms with Crippen molar-refractivity contribution >= 4 is 0 Å². The van der Waals surface area contributed by atoms with Crippen LogP contribution in [0.2, 0.25) is 0 Å². The van der Waals surface area contributed by atoms with Gasteiger partial charge in [-0.05, 0) is 43.9 Å². The first-order valence-electron chi connectivity index (χ1n) is 12.8. The van der Waals surface area contributed by atoms with Crippen LogP contribution in [0, 0.1) is 17.3 Å². The minimum Gasteiger partial charge on any atom is -0.393 e. The van der Waals surface area contributed by atoms with Crippen LogP contribution >= 0.6 is 0 Å². The Labute approximate surface area is 212 Å². The van der Waals surface area contributed by atoms with E-state index < -0.39 is 67.5 Å². The first kappa shape index (κ1) is 29.9. The molecular formula is C25H44O11. The van der Waals surface area contributed by atoms with Gasteiger partial charge >= 0.3 is 0 Å². The van der Waals surface area contributed by atoms with Gasteiger partial charge in [0.2, 0.25) is 0 Å². The predicted octanol–water partition coefficient (Wildman–Crippen LogP) is -0.967. The highest BCUT2D eigenvalue weighted by Crippen LogP contribution is 2.44. The largest absolute Gasteiger partial charge is 0.393 e. The first-order chi connectivity index (χ1) is 16.7. The van der Waals surface area contributed by atoms with E-state index in [-0.39, 0.29) is 30.0 Å². The van der Waals surface area contributed by atoms with Gasteiger partial charge in [-0.1, -0.05) is 32.9 Å². The molecule has 0 radical (unpaired) electrons. The van der Waals surface area contributed by atoms with Gasteiger partial charge in [0.1, 0.15) is 42.7 Å². The summed E-state index contributed by atoms with van der Waals surface area (Å²) in [5.41, 5.74) is -0.0935. The predicted molar refractivity (Wildman–Crippen MR) is 126 cm³/mol. The van der Waals surface area contributed by atoms with E-state index in [1.807, 2.05) is 6.08 Å². The molecule has 36 heavy (non-hydrogen) atoms. The smallest absolute Gasteiger partial charge is 0.187 e. The molecule has 1 aliphatic carbocycles. The van der Waals surface area contributed by atoms with E-state index in [2.05, 4.69) is 26.8 Å². The second-order valence-corrected chi connectivity index (χ2v) is 11.3. The summed E-state index contributed by atoms with van der Waals surface area (Å²) in [4.78, 5) is 0. The maximum atomic E-state index is 10.4. The van der Waals surface area contributed by atoms with Crippen molar-refractivity contribution in [3.8, 4) is 0 Å². The lowest BCUT2D eigenvalue weighted by molar-refractivity contribution is -0.330. The monoisotopic (exact) mass is 520 g/mol. The normalized spacial score (nSPS) is 48.7. The average molecular weight is 521 g/mol.